The molecule has 0 aromatic rings. The molecule has 1 rings (SSSR count). The van der Waals surface area contributed by atoms with E-state index >= 15 is 0 Å². The van der Waals surface area contributed by atoms with Gasteiger partial charge in [0, 0.05) is 19.1 Å². The first-order valence-corrected chi connectivity index (χ1v) is 8.28. The van der Waals surface area contributed by atoms with E-state index in [4.69, 9.17) is 0 Å². The van der Waals surface area contributed by atoms with Crippen LogP contribution in [-0.2, 0) is 0 Å². The summed E-state index contributed by atoms with van der Waals surface area (Å²) in [4.78, 5) is 2.40. The highest BCUT2D eigenvalue weighted by Crippen LogP contribution is 2.40. The van der Waals surface area contributed by atoms with Crippen LogP contribution in [0.1, 0.15) is 53.4 Å². The Morgan fingerprint density at radius 1 is 1.30 bits per heavy atom. The number of hydrogen-bond donors (Lipinski definition) is 2. The van der Waals surface area contributed by atoms with Crippen molar-refractivity contribution < 1.29 is 5.11 Å². The van der Waals surface area contributed by atoms with Crippen molar-refractivity contribution in [3.05, 3.63) is 0 Å². The first-order chi connectivity index (χ1) is 9.24. The normalized spacial score (nSPS) is 29.7. The van der Waals surface area contributed by atoms with E-state index in [0.717, 1.165) is 31.3 Å². The number of aliphatic hydroxyl groups is 1. The van der Waals surface area contributed by atoms with E-state index in [1.165, 1.54) is 19.3 Å². The Kier molecular flexibility index (Phi) is 6.96. The summed E-state index contributed by atoms with van der Waals surface area (Å²) in [6.07, 6.45) is 4.66. The van der Waals surface area contributed by atoms with Gasteiger partial charge in [0.05, 0.1) is 6.10 Å². The topological polar surface area (TPSA) is 35.5 Å². The Hall–Kier alpha value is -0.120. The zero-order chi connectivity index (χ0) is 15.3. The van der Waals surface area contributed by atoms with Gasteiger partial charge in [-0.25, -0.2) is 0 Å². The molecule has 20 heavy (non-hydrogen) atoms. The highest BCUT2D eigenvalue weighted by molar-refractivity contribution is 4.89. The number of rotatable bonds is 6. The summed E-state index contributed by atoms with van der Waals surface area (Å²) in [5, 5.41) is 12.9. The Bertz CT molecular complexity index is 273. The summed E-state index contributed by atoms with van der Waals surface area (Å²) >= 11 is 0. The summed E-state index contributed by atoms with van der Waals surface area (Å²) in [5.41, 5.74) is 0.426. The lowest BCUT2D eigenvalue weighted by Gasteiger charge is -2.43. The molecule has 0 amide bonds. The largest absolute Gasteiger partial charge is 0.393 e. The van der Waals surface area contributed by atoms with Crippen LogP contribution in [0.15, 0.2) is 0 Å². The average Bonchev–Trinajstić information content (AvgIpc) is 2.35. The fourth-order valence-corrected chi connectivity index (χ4v) is 3.53. The number of nitrogens with zero attached hydrogens (tertiary/aromatic N) is 1. The minimum absolute atomic E-state index is 0.189. The molecule has 0 radical (unpaired) electrons. The van der Waals surface area contributed by atoms with Gasteiger partial charge in [-0.2, -0.15) is 0 Å². The van der Waals surface area contributed by atoms with Crippen molar-refractivity contribution in [1.82, 2.24) is 10.2 Å². The quantitative estimate of drug-likeness (QED) is 0.787. The van der Waals surface area contributed by atoms with Crippen molar-refractivity contribution in [3.63, 3.8) is 0 Å². The lowest BCUT2D eigenvalue weighted by molar-refractivity contribution is 0.0907. The Labute approximate surface area is 126 Å². The van der Waals surface area contributed by atoms with Crippen LogP contribution < -0.4 is 5.32 Å². The molecule has 2 N–H and O–H groups in total. The molecular weight excluding hydrogens is 248 g/mol. The van der Waals surface area contributed by atoms with Crippen LogP contribution in [0.25, 0.3) is 0 Å². The molecule has 0 bridgehead atoms. The van der Waals surface area contributed by atoms with Crippen LogP contribution in [0, 0.1) is 17.3 Å². The van der Waals surface area contributed by atoms with Gasteiger partial charge in [0.25, 0.3) is 0 Å². The van der Waals surface area contributed by atoms with Crippen LogP contribution in [0.2, 0.25) is 0 Å². The first-order valence-electron chi connectivity index (χ1n) is 8.28. The lowest BCUT2D eigenvalue weighted by atomic mass is 9.67. The third-order valence-corrected chi connectivity index (χ3v) is 5.05. The second-order valence-corrected chi connectivity index (χ2v) is 7.93. The summed E-state index contributed by atoms with van der Waals surface area (Å²) in [6, 6.07) is 0.655. The Morgan fingerprint density at radius 2 is 1.95 bits per heavy atom. The maximum atomic E-state index is 9.41. The summed E-state index contributed by atoms with van der Waals surface area (Å²) in [5.74, 6) is 1.57. The molecule has 4 atom stereocenters. The monoisotopic (exact) mass is 284 g/mol. The molecule has 0 saturated heterocycles. The lowest BCUT2D eigenvalue weighted by Crippen LogP contribution is -2.46. The molecule has 4 unspecified atom stereocenters. The molecule has 0 heterocycles. The van der Waals surface area contributed by atoms with Crippen molar-refractivity contribution in [3.8, 4) is 0 Å². The third-order valence-electron chi connectivity index (χ3n) is 5.05. The molecule has 0 aliphatic heterocycles. The van der Waals surface area contributed by atoms with E-state index in [0.29, 0.717) is 11.5 Å². The summed E-state index contributed by atoms with van der Waals surface area (Å²) in [6.45, 7) is 11.2. The maximum Gasteiger partial charge on any atom is 0.0524 e. The number of hydrogen-bond acceptors (Lipinski definition) is 3. The molecule has 1 fully saturated rings. The Balaban J connectivity index is 2.54. The highest BCUT2D eigenvalue weighted by Gasteiger charge is 2.35. The minimum atomic E-state index is -0.189. The van der Waals surface area contributed by atoms with Gasteiger partial charge >= 0.3 is 0 Å². The van der Waals surface area contributed by atoms with E-state index < -0.39 is 0 Å². The second kappa shape index (κ2) is 7.77. The standard InChI is InChI=1S/C17H36N2O/c1-13(20)9-10-19(6)12-14-11-15(17(2,3)4)7-8-16(14)18-5/h13-16,18,20H,7-12H2,1-6H3. The number of nitrogens with one attached hydrogen (secondary N) is 1. The van der Waals surface area contributed by atoms with Crippen molar-refractivity contribution in [2.24, 2.45) is 17.3 Å². The fraction of sp³-hybridized carbons (Fsp3) is 1.00. The highest BCUT2D eigenvalue weighted by atomic mass is 16.3. The van der Waals surface area contributed by atoms with Crippen LogP contribution in [0.4, 0.5) is 0 Å². The van der Waals surface area contributed by atoms with Crippen LogP contribution >= 0.6 is 0 Å². The van der Waals surface area contributed by atoms with E-state index in [2.05, 4.69) is 45.1 Å². The zero-order valence-electron chi connectivity index (χ0n) is 14.4. The third kappa shape index (κ3) is 5.71. The summed E-state index contributed by atoms with van der Waals surface area (Å²) in [7, 11) is 4.29. The zero-order valence-corrected chi connectivity index (χ0v) is 14.4. The molecule has 1 aliphatic carbocycles. The van der Waals surface area contributed by atoms with Crippen molar-refractivity contribution in [2.45, 2.75) is 65.5 Å². The van der Waals surface area contributed by atoms with Crippen molar-refractivity contribution >= 4 is 0 Å². The van der Waals surface area contributed by atoms with Gasteiger partial charge in [-0.1, -0.05) is 20.8 Å². The van der Waals surface area contributed by atoms with Crippen LogP contribution in [0.3, 0.4) is 0 Å². The Morgan fingerprint density at radius 3 is 2.45 bits per heavy atom. The van der Waals surface area contributed by atoms with Gasteiger partial charge in [0.1, 0.15) is 0 Å². The molecule has 120 valence electrons. The molecule has 3 heteroatoms. The van der Waals surface area contributed by atoms with Gasteiger partial charge in [-0.15, -0.1) is 0 Å². The molecule has 1 saturated carbocycles. The van der Waals surface area contributed by atoms with Crippen LogP contribution in [-0.4, -0.2) is 49.3 Å². The predicted molar refractivity (Wildman–Crippen MR) is 86.9 cm³/mol. The molecule has 3 nitrogen and oxygen atoms in total. The van der Waals surface area contributed by atoms with E-state index in [1.54, 1.807) is 0 Å². The smallest absolute Gasteiger partial charge is 0.0524 e. The average molecular weight is 284 g/mol. The number of aliphatic hydroxyl groups excluding tert-OH is 1. The summed E-state index contributed by atoms with van der Waals surface area (Å²) < 4.78 is 0. The predicted octanol–water partition coefficient (Wildman–Crippen LogP) is 2.74. The van der Waals surface area contributed by atoms with Gasteiger partial charge in [-0.05, 0) is 64.0 Å². The molecule has 1 aliphatic rings. The second-order valence-electron chi connectivity index (χ2n) is 7.93. The SMILES string of the molecule is CNC1CCC(C(C)(C)C)CC1CN(C)CCC(C)O. The fourth-order valence-electron chi connectivity index (χ4n) is 3.53. The van der Waals surface area contributed by atoms with Gasteiger partial charge in [0.15, 0.2) is 0 Å². The van der Waals surface area contributed by atoms with Crippen molar-refractivity contribution in [2.75, 3.05) is 27.2 Å². The van der Waals surface area contributed by atoms with Crippen LogP contribution in [0.5, 0.6) is 0 Å². The van der Waals surface area contributed by atoms with Gasteiger partial charge < -0.3 is 15.3 Å². The minimum Gasteiger partial charge on any atom is -0.393 e. The molecule has 0 spiro atoms. The first kappa shape index (κ1) is 17.9. The van der Waals surface area contributed by atoms with E-state index in [9.17, 15) is 5.11 Å². The van der Waals surface area contributed by atoms with Gasteiger partial charge in [0.2, 0.25) is 0 Å². The molecular formula is C17H36N2O. The maximum absolute atomic E-state index is 9.41. The molecule has 0 aromatic heterocycles. The van der Waals surface area contributed by atoms with E-state index in [1.807, 2.05) is 6.92 Å². The van der Waals surface area contributed by atoms with E-state index in [-0.39, 0.29) is 6.10 Å². The van der Waals surface area contributed by atoms with Gasteiger partial charge in [-0.3, -0.25) is 0 Å². The van der Waals surface area contributed by atoms with Crippen molar-refractivity contribution in [1.29, 1.82) is 0 Å². The molecule has 0 aromatic carbocycles.